The average molecular weight is 1850 g/mol. The van der Waals surface area contributed by atoms with Crippen molar-refractivity contribution in [3.8, 4) is 56.3 Å². The van der Waals surface area contributed by atoms with E-state index in [1.807, 2.05) is 90.4 Å². The van der Waals surface area contributed by atoms with Gasteiger partial charge in [0, 0.05) is 87.3 Å². The van der Waals surface area contributed by atoms with Gasteiger partial charge in [0.05, 0.1) is 124 Å². The SMILES string of the molecule is COC(=O)NC(C(=O)O)[C@@H](C)OC.COC[C@H]1CC(c2ncc(-c3ccc4c(c3)COc3cc5c(ccc6[nH]c([C@@H]7CC[C@H](C)N7C(=O)[C@@H](NC(=O)OC)C(C)C)nc65)cc3-4)[nH]2)N(C(=O)OC(C)(C)C)C1.COC[C@H]1CC(c2ncc(-c3ccc4c(c3)COc3cc5c(ccc6[nH]c([C@@H]7CC[C@H](C)N7C(=O)[C@@H](NC(=O)OC)C(C)C)nc65)cc3-4)[nH]2)N(C(=O)[C@@H](NC(=O)OC)[C@@H](C)OC)C1. The Balaban J connectivity index is 0.000000190. The van der Waals surface area contributed by atoms with Crippen LogP contribution in [0.5, 0.6) is 11.5 Å². The van der Waals surface area contributed by atoms with Crippen LogP contribution in [-0.2, 0) is 75.0 Å². The number of H-pyrrole nitrogens is 4. The minimum absolute atomic E-state index is 0.0184. The summed E-state index contributed by atoms with van der Waals surface area (Å²) in [7, 11) is 11.2. The third kappa shape index (κ3) is 20.5. The molecule has 9 N–H and O–H groups in total. The number of imidazole rings is 4. The zero-order valence-electron chi connectivity index (χ0n) is 79.2. The van der Waals surface area contributed by atoms with E-state index in [-0.39, 0.29) is 83.7 Å². The summed E-state index contributed by atoms with van der Waals surface area (Å²) in [6, 6.07) is 24.5. The van der Waals surface area contributed by atoms with Crippen LogP contribution in [0.25, 0.3) is 88.4 Å². The first kappa shape index (κ1) is 96.9. The lowest BCUT2D eigenvalue weighted by Crippen LogP contribution is -2.54. The zero-order chi connectivity index (χ0) is 96.2. The van der Waals surface area contributed by atoms with Crippen molar-refractivity contribution in [3.63, 3.8) is 0 Å². The van der Waals surface area contributed by atoms with Crippen LogP contribution < -0.4 is 30.7 Å². The highest BCUT2D eigenvalue weighted by Gasteiger charge is 2.47. The predicted octanol–water partition coefficient (Wildman–Crippen LogP) is 14.3. The second-order valence-corrected chi connectivity index (χ2v) is 36.8. The summed E-state index contributed by atoms with van der Waals surface area (Å²) in [5.41, 5.74) is 12.5. The summed E-state index contributed by atoms with van der Waals surface area (Å²) in [6.07, 6.45) is 3.73. The first-order valence-corrected chi connectivity index (χ1v) is 45.2. The van der Waals surface area contributed by atoms with Crippen LogP contribution in [0.15, 0.2) is 97.3 Å². The van der Waals surface area contributed by atoms with Crippen molar-refractivity contribution in [2.75, 3.05) is 83.2 Å². The van der Waals surface area contributed by atoms with Crippen LogP contribution in [0, 0.1) is 23.7 Å². The number of aromatic amines is 4. The topological polar surface area (TPSA) is 451 Å². The molecule has 10 heterocycles. The van der Waals surface area contributed by atoms with Crippen molar-refractivity contribution in [1.82, 2.24) is 80.7 Å². The van der Waals surface area contributed by atoms with Gasteiger partial charge in [-0.3, -0.25) is 19.3 Å². The maximum atomic E-state index is 14.0. The summed E-state index contributed by atoms with van der Waals surface area (Å²) >= 11 is 0. The monoisotopic (exact) mass is 1850 g/mol. The number of ether oxygens (including phenoxy) is 11. The molecule has 4 aromatic heterocycles. The van der Waals surface area contributed by atoms with Gasteiger partial charge in [-0.05, 0) is 192 Å². The number of amides is 8. The van der Waals surface area contributed by atoms with Crippen LogP contribution in [0.3, 0.4) is 0 Å². The number of carboxylic acids is 1. The Morgan fingerprint density at radius 1 is 0.470 bits per heavy atom. The van der Waals surface area contributed by atoms with E-state index >= 15 is 0 Å². The van der Waals surface area contributed by atoms with Crippen LogP contribution >= 0.6 is 0 Å². The molecular formula is C97H122N16O21. The highest BCUT2D eigenvalue weighted by atomic mass is 16.6. The van der Waals surface area contributed by atoms with Gasteiger partial charge in [0.25, 0.3) is 0 Å². The number of aromatic nitrogens is 8. The molecule has 0 spiro atoms. The molecule has 3 unspecified atom stereocenters. The molecular weight excluding hydrogens is 1730 g/mol. The third-order valence-electron chi connectivity index (χ3n) is 26.1. The van der Waals surface area contributed by atoms with E-state index in [4.69, 9.17) is 72.4 Å². The molecule has 6 aliphatic rings. The first-order valence-electron chi connectivity index (χ1n) is 45.2. The Hall–Kier alpha value is -13.1. The molecule has 4 fully saturated rings. The number of aliphatic carboxylic acids is 1. The molecule has 6 aromatic carbocycles. The van der Waals surface area contributed by atoms with Gasteiger partial charge in [-0.1, -0.05) is 64.1 Å². The lowest BCUT2D eigenvalue weighted by atomic mass is 9.92. The summed E-state index contributed by atoms with van der Waals surface area (Å²) in [5.74, 6) is 2.52. The Bertz CT molecular complexity index is 6020. The molecule has 716 valence electrons. The van der Waals surface area contributed by atoms with E-state index in [9.17, 15) is 43.2 Å². The van der Waals surface area contributed by atoms with E-state index < -0.39 is 72.3 Å². The van der Waals surface area contributed by atoms with Crippen molar-refractivity contribution < 1.29 is 100 Å². The fourth-order valence-corrected chi connectivity index (χ4v) is 19.0. The number of alkyl carbamates (subject to hydrolysis) is 4. The van der Waals surface area contributed by atoms with Crippen LogP contribution in [-0.4, -0.2) is 256 Å². The maximum Gasteiger partial charge on any atom is 0.410 e. The van der Waals surface area contributed by atoms with Gasteiger partial charge < -0.3 is 113 Å². The fraction of sp³-hybridized carbons (Fsp3) is 0.495. The van der Waals surface area contributed by atoms with Crippen LogP contribution in [0.2, 0.25) is 0 Å². The smallest absolute Gasteiger partial charge is 0.410 e. The number of methoxy groups -OCH3 is 8. The van der Waals surface area contributed by atoms with Crippen LogP contribution in [0.1, 0.15) is 173 Å². The molecule has 0 aliphatic carbocycles. The van der Waals surface area contributed by atoms with Gasteiger partial charge >= 0.3 is 36.4 Å². The Labute approximate surface area is 776 Å². The van der Waals surface area contributed by atoms with Gasteiger partial charge in [0.15, 0.2) is 6.04 Å². The molecule has 0 saturated carbocycles. The van der Waals surface area contributed by atoms with E-state index in [0.29, 0.717) is 57.6 Å². The van der Waals surface area contributed by atoms with Gasteiger partial charge in [0.1, 0.15) is 71.7 Å². The number of rotatable bonds is 24. The molecule has 16 rings (SSSR count). The number of hydrogen-bond donors (Lipinski definition) is 9. The lowest BCUT2D eigenvalue weighted by Gasteiger charge is -2.32. The summed E-state index contributed by atoms with van der Waals surface area (Å²) in [4.78, 5) is 154. The molecule has 134 heavy (non-hydrogen) atoms. The number of hydrogen-bond acceptors (Lipinski definition) is 24. The van der Waals surface area contributed by atoms with Gasteiger partial charge in [-0.2, -0.15) is 0 Å². The molecule has 10 aromatic rings. The fourth-order valence-electron chi connectivity index (χ4n) is 19.0. The minimum Gasteiger partial charge on any atom is -0.488 e. The van der Waals surface area contributed by atoms with Crippen molar-refractivity contribution >= 4 is 97.8 Å². The van der Waals surface area contributed by atoms with Gasteiger partial charge in [0.2, 0.25) is 17.7 Å². The molecule has 14 atom stereocenters. The highest BCUT2D eigenvalue weighted by Crippen LogP contribution is 2.48. The number of fused-ring (bicyclic) bond motifs is 12. The average Bonchev–Trinajstić information content (AvgIpc) is 1.43. The Morgan fingerprint density at radius 3 is 1.27 bits per heavy atom. The van der Waals surface area contributed by atoms with Crippen molar-refractivity contribution in [1.29, 1.82) is 0 Å². The van der Waals surface area contributed by atoms with E-state index in [2.05, 4.69) is 119 Å². The summed E-state index contributed by atoms with van der Waals surface area (Å²) < 4.78 is 58.5. The Kier molecular flexibility index (Phi) is 29.8. The molecule has 6 aliphatic heterocycles. The van der Waals surface area contributed by atoms with Gasteiger partial charge in [-0.25, -0.2) is 48.7 Å². The van der Waals surface area contributed by atoms with Gasteiger partial charge in [-0.15, -0.1) is 0 Å². The van der Waals surface area contributed by atoms with E-state index in [1.165, 1.54) is 42.5 Å². The minimum atomic E-state index is -1.17. The number of carbonyl (C=O) groups excluding carboxylic acids is 8. The number of likely N-dealkylation sites (tertiary alicyclic amines) is 4. The number of carbonyl (C=O) groups is 9. The Morgan fingerprint density at radius 2 is 0.873 bits per heavy atom. The standard InChI is InChI=1S/C46H56N8O9.C44H53N7O7.C7H13NO5/c1-23(2)38(51-45(57)61-7)44(56)54-24(3)9-14-35(54)42-48-33-13-11-27-17-32-30-12-10-28(16-29(30)22-63-37(32)18-31(27)40(33)50-42)34-19-47-41(49-34)36-15-26(21-59-5)20-53(36)43(55)39(25(4)60-6)52-46(58)62-8;1-23(2)37(49-42(53)56-8)41(52)51-24(3)9-14-34(51)40-46-32-13-11-26-17-31-29-12-10-27(16-28(29)22-57-36(31)18-30(26)38(32)48-40)33-19-45-39(47-33)35-15-25(21-55-7)20-50(35)43(54)58-44(4,5)6;1-4(12-2)5(6(9)10)8-7(11)13-3/h10-13,16-19,23-26,35-36,38-39H,9,14-15,20-22H2,1-8H3,(H,47,49)(H,48,50)(H,51,57)(H,52,58);10-13,16-19,23-25,34-35,37H,9,14-15,20-22H2,1-8H3,(H,45,47)(H,46,48)(H,49,53);4-5H,1-3H3,(H,8,11)(H,9,10)/t24-,25+,26-,35-,36?,38-,39-;24-,25-,34-,35?,37-;4-,5?/m001/s1. The molecule has 37 nitrogen and oxygen atoms in total. The normalized spacial score (nSPS) is 20.2. The summed E-state index contributed by atoms with van der Waals surface area (Å²) in [6.45, 7) is 23.3. The van der Waals surface area contributed by atoms with Crippen LogP contribution in [0.4, 0.5) is 24.0 Å². The molecule has 8 amide bonds. The second kappa shape index (κ2) is 41.2. The lowest BCUT2D eigenvalue weighted by molar-refractivity contribution is -0.143. The molecule has 0 bridgehead atoms. The molecule has 0 radical (unpaired) electrons. The number of benzene rings is 6. The van der Waals surface area contributed by atoms with Crippen molar-refractivity contribution in [3.05, 3.63) is 132 Å². The predicted molar refractivity (Wildman–Crippen MR) is 496 cm³/mol. The quantitative estimate of drug-likeness (QED) is 0.0254. The number of carboxylic acid groups (broad SMARTS) is 1. The zero-order valence-corrected chi connectivity index (χ0v) is 79.2. The van der Waals surface area contributed by atoms with E-state index in [1.54, 1.807) is 37.1 Å². The first-order chi connectivity index (χ1) is 64.1. The third-order valence-corrected chi connectivity index (χ3v) is 26.1. The molecule has 37 heteroatoms. The summed E-state index contributed by atoms with van der Waals surface area (Å²) in [5, 5.41) is 22.8. The van der Waals surface area contributed by atoms with Crippen molar-refractivity contribution in [2.24, 2.45) is 23.7 Å². The largest absolute Gasteiger partial charge is 0.488 e. The maximum absolute atomic E-state index is 14.0. The molecule has 4 saturated heterocycles. The van der Waals surface area contributed by atoms with E-state index in [0.717, 1.165) is 162 Å². The van der Waals surface area contributed by atoms with Crippen molar-refractivity contribution in [2.45, 2.75) is 206 Å². The highest BCUT2D eigenvalue weighted by molar-refractivity contribution is 6.08. The number of nitrogens with zero attached hydrogens (tertiary/aromatic N) is 8. The second-order valence-electron chi connectivity index (χ2n) is 36.8. The number of nitrogens with one attached hydrogen (secondary N) is 8.